The van der Waals surface area contributed by atoms with Crippen LogP contribution in [0.15, 0.2) is 34.7 Å². The number of hydrogen-bond acceptors (Lipinski definition) is 3. The van der Waals surface area contributed by atoms with Crippen molar-refractivity contribution in [1.29, 1.82) is 5.26 Å². The Bertz CT molecular complexity index is 606. The summed E-state index contributed by atoms with van der Waals surface area (Å²) in [6, 6.07) is 7.63. The van der Waals surface area contributed by atoms with E-state index in [9.17, 15) is 13.2 Å². The molecule has 0 atom stereocenters. The fourth-order valence-corrected chi connectivity index (χ4v) is 1.46. The van der Waals surface area contributed by atoms with Crippen molar-refractivity contribution in [3.05, 3.63) is 41.5 Å². The fraction of sp³-hybridized carbons (Fsp3) is 0.0833. The third-order valence-corrected chi connectivity index (χ3v) is 2.38. The smallest absolute Gasteiger partial charge is 0.416 e. The van der Waals surface area contributed by atoms with Gasteiger partial charge in [-0.25, -0.2) is 0 Å². The van der Waals surface area contributed by atoms with Gasteiger partial charge < -0.3 is 10.2 Å². The number of halogens is 3. The van der Waals surface area contributed by atoms with Gasteiger partial charge in [-0.05, 0) is 12.1 Å². The highest BCUT2D eigenvalue weighted by Gasteiger charge is 2.30. The fourth-order valence-electron chi connectivity index (χ4n) is 1.46. The van der Waals surface area contributed by atoms with E-state index in [2.05, 4.69) is 0 Å². The lowest BCUT2D eigenvalue weighted by molar-refractivity contribution is -0.137. The molecule has 92 valence electrons. The minimum absolute atomic E-state index is 0.0487. The number of benzene rings is 1. The summed E-state index contributed by atoms with van der Waals surface area (Å²) in [4.78, 5) is 0. The third-order valence-electron chi connectivity index (χ3n) is 2.38. The van der Waals surface area contributed by atoms with E-state index < -0.39 is 11.7 Å². The summed E-state index contributed by atoms with van der Waals surface area (Å²) >= 11 is 0. The molecule has 1 aromatic carbocycles. The molecule has 0 amide bonds. The van der Waals surface area contributed by atoms with Crippen LogP contribution in [0.2, 0.25) is 0 Å². The average molecular weight is 252 g/mol. The average Bonchev–Trinajstić information content (AvgIpc) is 2.69. The first-order valence-corrected chi connectivity index (χ1v) is 4.89. The van der Waals surface area contributed by atoms with E-state index in [0.29, 0.717) is 5.56 Å². The van der Waals surface area contributed by atoms with Gasteiger partial charge in [0.1, 0.15) is 17.4 Å². The predicted molar refractivity (Wildman–Crippen MR) is 58.3 cm³/mol. The Hall–Kier alpha value is -2.42. The number of hydrogen-bond donors (Lipinski definition) is 1. The van der Waals surface area contributed by atoms with Gasteiger partial charge in [0.2, 0.25) is 5.88 Å². The van der Waals surface area contributed by atoms with Crippen LogP contribution < -0.4 is 5.73 Å². The predicted octanol–water partition coefficient (Wildman–Crippen LogP) is 3.42. The van der Waals surface area contributed by atoms with Gasteiger partial charge in [0, 0.05) is 11.6 Å². The Morgan fingerprint density at radius 2 is 1.78 bits per heavy atom. The number of nitrogens with zero attached hydrogens (tertiary/aromatic N) is 1. The molecule has 18 heavy (non-hydrogen) atoms. The quantitative estimate of drug-likeness (QED) is 0.845. The Kier molecular flexibility index (Phi) is 2.75. The van der Waals surface area contributed by atoms with E-state index in [0.717, 1.165) is 12.1 Å². The first kappa shape index (κ1) is 12.0. The van der Waals surface area contributed by atoms with Crippen molar-refractivity contribution >= 4 is 5.88 Å². The number of nitriles is 1. The molecule has 0 fully saturated rings. The Morgan fingerprint density at radius 1 is 1.17 bits per heavy atom. The molecule has 0 spiro atoms. The van der Waals surface area contributed by atoms with Crippen molar-refractivity contribution < 1.29 is 17.6 Å². The van der Waals surface area contributed by atoms with Gasteiger partial charge in [-0.2, -0.15) is 18.4 Å². The van der Waals surface area contributed by atoms with Crippen molar-refractivity contribution in [2.75, 3.05) is 5.73 Å². The van der Waals surface area contributed by atoms with Gasteiger partial charge in [0.05, 0.1) is 5.56 Å². The number of anilines is 1. The highest BCUT2D eigenvalue weighted by atomic mass is 19.4. The number of rotatable bonds is 1. The second kappa shape index (κ2) is 4.11. The number of nitrogens with two attached hydrogens (primary N) is 1. The normalized spacial score (nSPS) is 11.2. The van der Waals surface area contributed by atoms with Crippen molar-refractivity contribution in [3.8, 4) is 17.4 Å². The lowest BCUT2D eigenvalue weighted by Gasteiger charge is -2.06. The SMILES string of the molecule is N#Cc1cc(-c2ccc(C(F)(F)F)cc2)oc1N. The molecule has 6 heteroatoms. The zero-order chi connectivity index (χ0) is 13.3. The second-order valence-electron chi connectivity index (χ2n) is 3.58. The van der Waals surface area contributed by atoms with Crippen LogP contribution in [0.4, 0.5) is 19.1 Å². The largest absolute Gasteiger partial charge is 0.440 e. The van der Waals surface area contributed by atoms with Crippen LogP contribution in [0.25, 0.3) is 11.3 Å². The molecular weight excluding hydrogens is 245 g/mol. The molecule has 1 aromatic heterocycles. The monoisotopic (exact) mass is 252 g/mol. The topological polar surface area (TPSA) is 63.0 Å². The van der Waals surface area contributed by atoms with E-state index in [1.54, 1.807) is 0 Å². The van der Waals surface area contributed by atoms with Crippen molar-refractivity contribution in [3.63, 3.8) is 0 Å². The molecular formula is C12H7F3N2O. The van der Waals surface area contributed by atoms with E-state index in [1.807, 2.05) is 6.07 Å². The lowest BCUT2D eigenvalue weighted by atomic mass is 10.1. The van der Waals surface area contributed by atoms with Crippen molar-refractivity contribution in [1.82, 2.24) is 0 Å². The first-order chi connectivity index (χ1) is 8.41. The molecule has 0 bridgehead atoms. The molecule has 0 saturated carbocycles. The summed E-state index contributed by atoms with van der Waals surface area (Å²) in [5, 5.41) is 8.69. The number of furan rings is 1. The molecule has 0 saturated heterocycles. The van der Waals surface area contributed by atoms with Crippen molar-refractivity contribution in [2.45, 2.75) is 6.18 Å². The van der Waals surface area contributed by atoms with Crippen LogP contribution >= 0.6 is 0 Å². The van der Waals surface area contributed by atoms with Gasteiger partial charge in [0.15, 0.2) is 0 Å². The molecule has 2 rings (SSSR count). The molecule has 0 radical (unpaired) electrons. The van der Waals surface area contributed by atoms with Gasteiger partial charge >= 0.3 is 6.18 Å². The minimum atomic E-state index is -4.38. The van der Waals surface area contributed by atoms with E-state index in [-0.39, 0.29) is 17.2 Å². The van der Waals surface area contributed by atoms with Crippen molar-refractivity contribution in [2.24, 2.45) is 0 Å². The maximum atomic E-state index is 12.4. The van der Waals surface area contributed by atoms with Crippen LogP contribution in [-0.4, -0.2) is 0 Å². The molecule has 2 aromatic rings. The summed E-state index contributed by atoms with van der Waals surface area (Å²) in [5.74, 6) is 0.213. The summed E-state index contributed by atoms with van der Waals surface area (Å²) in [5.41, 5.74) is 5.26. The Balaban J connectivity index is 2.38. The second-order valence-corrected chi connectivity index (χ2v) is 3.58. The minimum Gasteiger partial charge on any atom is -0.440 e. The highest BCUT2D eigenvalue weighted by molar-refractivity contribution is 5.64. The summed E-state index contributed by atoms with van der Waals surface area (Å²) in [7, 11) is 0. The molecule has 0 aliphatic carbocycles. The number of alkyl halides is 3. The standard InChI is InChI=1S/C12H7F3N2O/c13-12(14,15)9-3-1-7(2-4-9)10-5-8(6-16)11(17)18-10/h1-5H,17H2. The summed E-state index contributed by atoms with van der Waals surface area (Å²) in [6.07, 6.45) is -4.38. The molecule has 3 nitrogen and oxygen atoms in total. The van der Waals surface area contributed by atoms with Crippen LogP contribution in [0, 0.1) is 11.3 Å². The summed E-state index contributed by atoms with van der Waals surface area (Å²) in [6.45, 7) is 0. The molecule has 1 heterocycles. The highest BCUT2D eigenvalue weighted by Crippen LogP contribution is 2.32. The van der Waals surface area contributed by atoms with E-state index in [1.165, 1.54) is 18.2 Å². The first-order valence-electron chi connectivity index (χ1n) is 4.89. The Labute approximate surface area is 100 Å². The zero-order valence-electron chi connectivity index (χ0n) is 8.95. The van der Waals surface area contributed by atoms with Gasteiger partial charge in [-0.3, -0.25) is 0 Å². The zero-order valence-corrected chi connectivity index (χ0v) is 8.95. The summed E-state index contributed by atoms with van der Waals surface area (Å²) < 4.78 is 42.2. The molecule has 0 unspecified atom stereocenters. The lowest BCUT2D eigenvalue weighted by Crippen LogP contribution is -2.03. The maximum Gasteiger partial charge on any atom is 0.416 e. The maximum absolute atomic E-state index is 12.4. The molecule has 0 aliphatic heterocycles. The van der Waals surface area contributed by atoms with Gasteiger partial charge in [0.25, 0.3) is 0 Å². The van der Waals surface area contributed by atoms with Gasteiger partial charge in [-0.15, -0.1) is 0 Å². The van der Waals surface area contributed by atoms with Crippen LogP contribution in [0.5, 0.6) is 0 Å². The third kappa shape index (κ3) is 2.15. The van der Waals surface area contributed by atoms with Crippen LogP contribution in [0.1, 0.15) is 11.1 Å². The Morgan fingerprint density at radius 3 is 2.22 bits per heavy atom. The van der Waals surface area contributed by atoms with Crippen LogP contribution in [0.3, 0.4) is 0 Å². The van der Waals surface area contributed by atoms with E-state index in [4.69, 9.17) is 15.4 Å². The van der Waals surface area contributed by atoms with E-state index >= 15 is 0 Å². The van der Waals surface area contributed by atoms with Gasteiger partial charge in [-0.1, -0.05) is 12.1 Å². The molecule has 2 N–H and O–H groups in total. The number of nitrogen functional groups attached to an aromatic ring is 1. The van der Waals surface area contributed by atoms with Crippen LogP contribution in [-0.2, 0) is 6.18 Å². The molecule has 0 aliphatic rings.